The second-order valence-electron chi connectivity index (χ2n) is 4.84. The number of ether oxygens (including phenoxy) is 1. The third kappa shape index (κ3) is 2.91. The van der Waals surface area contributed by atoms with Crippen LogP contribution in [0.5, 0.6) is 0 Å². The summed E-state index contributed by atoms with van der Waals surface area (Å²) in [6.07, 6.45) is 1.54. The lowest BCUT2D eigenvalue weighted by atomic mass is 10.1. The normalized spacial score (nSPS) is 15.9. The van der Waals surface area contributed by atoms with Gasteiger partial charge in [0, 0.05) is 21.2 Å². The van der Waals surface area contributed by atoms with Crippen molar-refractivity contribution in [1.29, 1.82) is 0 Å². The highest BCUT2D eigenvalue weighted by Gasteiger charge is 2.24. The van der Waals surface area contributed by atoms with Crippen LogP contribution in [0.25, 0.3) is 6.08 Å². The zero-order chi connectivity index (χ0) is 15.7. The maximum atomic E-state index is 12.0. The van der Waals surface area contributed by atoms with Gasteiger partial charge in [-0.1, -0.05) is 47.0 Å². The van der Waals surface area contributed by atoms with Gasteiger partial charge in [0.25, 0.3) is 0 Å². The molecule has 1 heterocycles. The number of aliphatic imine (C=N–C) groups is 1. The largest absolute Gasteiger partial charge is 0.402 e. The summed E-state index contributed by atoms with van der Waals surface area (Å²) in [4.78, 5) is 16.2. The molecule has 3 nitrogen and oxygen atoms in total. The van der Waals surface area contributed by atoms with E-state index in [1.54, 1.807) is 18.2 Å². The molecule has 0 saturated heterocycles. The van der Waals surface area contributed by atoms with E-state index in [0.717, 1.165) is 11.1 Å². The lowest BCUT2D eigenvalue weighted by Crippen LogP contribution is -2.05. The van der Waals surface area contributed by atoms with Gasteiger partial charge in [0.05, 0.1) is 0 Å². The van der Waals surface area contributed by atoms with Gasteiger partial charge in [-0.05, 0) is 37.3 Å². The van der Waals surface area contributed by atoms with Crippen molar-refractivity contribution in [2.75, 3.05) is 0 Å². The van der Waals surface area contributed by atoms with Crippen molar-refractivity contribution in [3.63, 3.8) is 0 Å². The first-order valence-electron chi connectivity index (χ1n) is 6.58. The van der Waals surface area contributed by atoms with Crippen LogP contribution >= 0.6 is 23.2 Å². The molecule has 5 heteroatoms. The third-order valence-electron chi connectivity index (χ3n) is 3.20. The Morgan fingerprint density at radius 1 is 1.05 bits per heavy atom. The van der Waals surface area contributed by atoms with Gasteiger partial charge < -0.3 is 4.74 Å². The molecule has 0 aliphatic carbocycles. The number of cyclic esters (lactones) is 1. The summed E-state index contributed by atoms with van der Waals surface area (Å²) in [6, 6.07) is 12.7. The van der Waals surface area contributed by atoms with E-state index in [4.69, 9.17) is 27.9 Å². The number of aryl methyl sites for hydroxylation is 1. The second-order valence-corrected chi connectivity index (χ2v) is 5.65. The molecule has 0 bridgehead atoms. The number of rotatable bonds is 2. The first-order chi connectivity index (χ1) is 10.5. The predicted octanol–water partition coefficient (Wildman–Crippen LogP) is 4.65. The quantitative estimate of drug-likeness (QED) is 0.593. The molecule has 1 aliphatic rings. The van der Waals surface area contributed by atoms with Crippen LogP contribution in [0.4, 0.5) is 0 Å². The highest BCUT2D eigenvalue weighted by atomic mass is 35.5. The fourth-order valence-corrected chi connectivity index (χ4v) is 2.52. The number of hydrogen-bond donors (Lipinski definition) is 0. The van der Waals surface area contributed by atoms with Crippen LogP contribution in [0, 0.1) is 6.92 Å². The number of benzene rings is 2. The number of carbonyl (C=O) groups is 1. The fraction of sp³-hybridized carbons (Fsp3) is 0.0588. The average molecular weight is 332 g/mol. The monoisotopic (exact) mass is 331 g/mol. The van der Waals surface area contributed by atoms with Gasteiger partial charge in [-0.15, -0.1) is 0 Å². The third-order valence-corrected chi connectivity index (χ3v) is 3.86. The molecule has 2 aromatic rings. The lowest BCUT2D eigenvalue weighted by molar-refractivity contribution is -0.129. The Kier molecular flexibility index (Phi) is 4.01. The molecule has 0 amide bonds. The number of carbonyl (C=O) groups excluding carboxylic acids is 1. The molecule has 0 saturated carbocycles. The number of halogens is 2. The minimum absolute atomic E-state index is 0.172. The minimum Gasteiger partial charge on any atom is -0.402 e. The van der Waals surface area contributed by atoms with Crippen LogP contribution in [0.2, 0.25) is 10.0 Å². The van der Waals surface area contributed by atoms with Gasteiger partial charge in [0.1, 0.15) is 0 Å². The summed E-state index contributed by atoms with van der Waals surface area (Å²) in [5, 5.41) is 0.901. The Morgan fingerprint density at radius 3 is 2.32 bits per heavy atom. The highest BCUT2D eigenvalue weighted by molar-refractivity contribution is 6.37. The number of esters is 1. The van der Waals surface area contributed by atoms with E-state index in [-0.39, 0.29) is 11.6 Å². The molecule has 2 aromatic carbocycles. The van der Waals surface area contributed by atoms with Crippen molar-refractivity contribution in [2.24, 2.45) is 4.99 Å². The van der Waals surface area contributed by atoms with Gasteiger partial charge in [-0.2, -0.15) is 0 Å². The van der Waals surface area contributed by atoms with Crippen LogP contribution in [0.1, 0.15) is 16.7 Å². The predicted molar refractivity (Wildman–Crippen MR) is 88.2 cm³/mol. The highest BCUT2D eigenvalue weighted by Crippen LogP contribution is 2.28. The molecule has 3 rings (SSSR count). The van der Waals surface area contributed by atoms with Gasteiger partial charge in [-0.3, -0.25) is 0 Å². The fourth-order valence-electron chi connectivity index (χ4n) is 2.01. The van der Waals surface area contributed by atoms with E-state index in [1.165, 1.54) is 6.08 Å². The maximum Gasteiger partial charge on any atom is 0.363 e. The molecule has 0 fully saturated rings. The van der Waals surface area contributed by atoms with Crippen LogP contribution < -0.4 is 0 Å². The van der Waals surface area contributed by atoms with Gasteiger partial charge >= 0.3 is 5.97 Å². The van der Waals surface area contributed by atoms with E-state index in [2.05, 4.69) is 4.99 Å². The Labute approximate surface area is 137 Å². The second kappa shape index (κ2) is 5.95. The van der Waals surface area contributed by atoms with Gasteiger partial charge in [-0.25, -0.2) is 9.79 Å². The van der Waals surface area contributed by atoms with Crippen molar-refractivity contribution in [2.45, 2.75) is 6.92 Å². The maximum absolute atomic E-state index is 12.0. The molecule has 0 N–H and O–H groups in total. The zero-order valence-corrected chi connectivity index (χ0v) is 13.2. The molecule has 0 radical (unpaired) electrons. The summed E-state index contributed by atoms with van der Waals surface area (Å²) >= 11 is 12.2. The van der Waals surface area contributed by atoms with E-state index >= 15 is 0 Å². The Hall–Kier alpha value is -2.10. The molecular weight excluding hydrogens is 321 g/mol. The Balaban J connectivity index is 1.99. The van der Waals surface area contributed by atoms with Crippen molar-refractivity contribution in [3.8, 4) is 0 Å². The zero-order valence-electron chi connectivity index (χ0n) is 11.6. The topological polar surface area (TPSA) is 38.7 Å². The van der Waals surface area contributed by atoms with E-state index < -0.39 is 5.97 Å². The number of hydrogen-bond acceptors (Lipinski definition) is 3. The SMILES string of the molecule is Cc1ccc(C2=NC(=Cc3c(Cl)cccc3Cl)C(=O)O2)cc1. The van der Waals surface area contributed by atoms with Crippen molar-refractivity contribution in [1.82, 2.24) is 0 Å². The van der Waals surface area contributed by atoms with Crippen LogP contribution in [-0.4, -0.2) is 11.9 Å². The standard InChI is InChI=1S/C17H11Cl2NO2/c1-10-5-7-11(8-6-10)16-20-15(17(21)22-16)9-12-13(18)3-2-4-14(12)19/h2-9H,1H3. The minimum atomic E-state index is -0.522. The van der Waals surface area contributed by atoms with Crippen LogP contribution in [-0.2, 0) is 9.53 Å². The summed E-state index contributed by atoms with van der Waals surface area (Å²) in [5.41, 5.74) is 2.58. The van der Waals surface area contributed by atoms with Crippen molar-refractivity contribution < 1.29 is 9.53 Å². The molecule has 22 heavy (non-hydrogen) atoms. The first kappa shape index (κ1) is 14.8. The van der Waals surface area contributed by atoms with Crippen molar-refractivity contribution >= 4 is 41.1 Å². The molecule has 0 unspecified atom stereocenters. The molecular formula is C17H11Cl2NO2. The van der Waals surface area contributed by atoms with Gasteiger partial charge in [0.15, 0.2) is 5.70 Å². The van der Waals surface area contributed by atoms with Crippen LogP contribution in [0.15, 0.2) is 53.2 Å². The molecule has 0 atom stereocenters. The van der Waals surface area contributed by atoms with E-state index in [9.17, 15) is 4.79 Å². The van der Waals surface area contributed by atoms with Gasteiger partial charge in [0.2, 0.25) is 5.90 Å². The first-order valence-corrected chi connectivity index (χ1v) is 7.34. The van der Waals surface area contributed by atoms with E-state index in [0.29, 0.717) is 15.6 Å². The molecule has 1 aliphatic heterocycles. The molecule has 0 spiro atoms. The Morgan fingerprint density at radius 2 is 1.68 bits per heavy atom. The smallest absolute Gasteiger partial charge is 0.363 e. The lowest BCUT2D eigenvalue weighted by Gasteiger charge is -2.00. The number of nitrogens with zero attached hydrogens (tertiary/aromatic N) is 1. The average Bonchev–Trinajstić information content (AvgIpc) is 2.85. The molecule has 110 valence electrons. The Bertz CT molecular complexity index is 788. The summed E-state index contributed by atoms with van der Waals surface area (Å²) < 4.78 is 5.21. The summed E-state index contributed by atoms with van der Waals surface area (Å²) in [7, 11) is 0. The van der Waals surface area contributed by atoms with Crippen LogP contribution in [0.3, 0.4) is 0 Å². The van der Waals surface area contributed by atoms with E-state index in [1.807, 2.05) is 31.2 Å². The molecule has 0 aromatic heterocycles. The van der Waals surface area contributed by atoms with Crippen molar-refractivity contribution in [3.05, 3.63) is 74.9 Å². The summed E-state index contributed by atoms with van der Waals surface area (Å²) in [6.45, 7) is 1.98. The summed E-state index contributed by atoms with van der Waals surface area (Å²) in [5.74, 6) is -0.244.